The van der Waals surface area contributed by atoms with Gasteiger partial charge in [-0.2, -0.15) is 0 Å². The molecule has 0 unspecified atom stereocenters. The zero-order valence-corrected chi connectivity index (χ0v) is 8.85. The minimum atomic E-state index is 0. The molecule has 76 valence electrons. The van der Waals surface area contributed by atoms with Crippen LogP contribution in [-0.4, -0.2) is 0 Å². The number of rotatable bonds is 2. The molecule has 0 radical (unpaired) electrons. The Morgan fingerprint density at radius 3 is 2.00 bits per heavy atom. The standard InChI is InChI=1S/C15H14.H2/c1-2-6-13-9-11-15(12-10-13)14-7-4-3-5-8-14;/h2-12H,1H3;1H/b6-2-;. The van der Waals surface area contributed by atoms with Crippen LogP contribution in [0.15, 0.2) is 60.7 Å². The van der Waals surface area contributed by atoms with Gasteiger partial charge in [0.2, 0.25) is 0 Å². The molecule has 0 heterocycles. The lowest BCUT2D eigenvalue weighted by Crippen LogP contribution is -1.77. The topological polar surface area (TPSA) is 0 Å². The molecule has 0 amide bonds. The second-order valence-corrected chi connectivity index (χ2v) is 3.49. The van der Waals surface area contributed by atoms with E-state index in [-0.39, 0.29) is 1.43 Å². The summed E-state index contributed by atoms with van der Waals surface area (Å²) in [5.41, 5.74) is 3.78. The summed E-state index contributed by atoms with van der Waals surface area (Å²) in [5.74, 6) is 0. The van der Waals surface area contributed by atoms with Crippen molar-refractivity contribution in [2.45, 2.75) is 6.92 Å². The SMILES string of the molecule is C/C=C\c1ccc(-c2ccccc2)cc1.[HH]. The third kappa shape index (κ3) is 2.35. The van der Waals surface area contributed by atoms with Crippen molar-refractivity contribution < 1.29 is 1.43 Å². The van der Waals surface area contributed by atoms with E-state index in [0.717, 1.165) is 0 Å². The predicted molar refractivity (Wildman–Crippen MR) is 68.7 cm³/mol. The Morgan fingerprint density at radius 1 is 0.800 bits per heavy atom. The first kappa shape index (κ1) is 9.72. The minimum Gasteiger partial charge on any atom is -0.0871 e. The summed E-state index contributed by atoms with van der Waals surface area (Å²) in [5, 5.41) is 0. The van der Waals surface area contributed by atoms with Gasteiger partial charge in [0.25, 0.3) is 0 Å². The molecule has 0 aliphatic heterocycles. The molecule has 2 aromatic rings. The maximum Gasteiger partial charge on any atom is 0 e. The first-order valence-electron chi connectivity index (χ1n) is 5.18. The molecule has 2 aromatic carbocycles. The number of benzene rings is 2. The molecule has 2 rings (SSSR count). The van der Waals surface area contributed by atoms with Crippen molar-refractivity contribution in [2.75, 3.05) is 0 Å². The van der Waals surface area contributed by atoms with Gasteiger partial charge in [0.15, 0.2) is 0 Å². The van der Waals surface area contributed by atoms with Crippen molar-refractivity contribution in [1.29, 1.82) is 0 Å². The molecule has 0 saturated carbocycles. The summed E-state index contributed by atoms with van der Waals surface area (Å²) < 4.78 is 0. The lowest BCUT2D eigenvalue weighted by Gasteiger charge is -2.01. The summed E-state index contributed by atoms with van der Waals surface area (Å²) >= 11 is 0. The Labute approximate surface area is 92.4 Å². The summed E-state index contributed by atoms with van der Waals surface area (Å²) in [7, 11) is 0. The molecule has 0 fully saturated rings. The monoisotopic (exact) mass is 196 g/mol. The Kier molecular flexibility index (Phi) is 2.99. The van der Waals surface area contributed by atoms with Gasteiger partial charge in [-0.1, -0.05) is 66.7 Å². The maximum absolute atomic E-state index is 2.16. The fourth-order valence-corrected chi connectivity index (χ4v) is 1.61. The van der Waals surface area contributed by atoms with Gasteiger partial charge in [-0.05, 0) is 23.6 Å². The van der Waals surface area contributed by atoms with Crippen LogP contribution in [0, 0.1) is 0 Å². The lowest BCUT2D eigenvalue weighted by molar-refractivity contribution is 1.59. The van der Waals surface area contributed by atoms with Crippen LogP contribution in [0.3, 0.4) is 0 Å². The van der Waals surface area contributed by atoms with Gasteiger partial charge in [0.1, 0.15) is 0 Å². The van der Waals surface area contributed by atoms with E-state index in [1.54, 1.807) is 0 Å². The van der Waals surface area contributed by atoms with Crippen LogP contribution in [0.25, 0.3) is 17.2 Å². The highest BCUT2D eigenvalue weighted by atomic mass is 14.0. The van der Waals surface area contributed by atoms with Crippen LogP contribution in [0.5, 0.6) is 0 Å². The summed E-state index contributed by atoms with van der Waals surface area (Å²) in [6, 6.07) is 19.0. The first-order chi connectivity index (χ1) is 7.40. The normalized spacial score (nSPS) is 10.7. The molecule has 0 aromatic heterocycles. The maximum atomic E-state index is 2.16. The Balaban J connectivity index is 0.00000128. The van der Waals surface area contributed by atoms with E-state index in [1.807, 2.05) is 13.0 Å². The summed E-state index contributed by atoms with van der Waals surface area (Å²) in [4.78, 5) is 0. The van der Waals surface area contributed by atoms with Crippen LogP contribution in [-0.2, 0) is 0 Å². The van der Waals surface area contributed by atoms with Crippen LogP contribution in [0.2, 0.25) is 0 Å². The van der Waals surface area contributed by atoms with Crippen molar-refractivity contribution in [3.05, 3.63) is 66.2 Å². The molecule has 0 N–H and O–H groups in total. The molecule has 0 aliphatic carbocycles. The molecular formula is C15H16. The van der Waals surface area contributed by atoms with Crippen LogP contribution < -0.4 is 0 Å². The third-order valence-corrected chi connectivity index (χ3v) is 2.38. The van der Waals surface area contributed by atoms with Crippen LogP contribution in [0.4, 0.5) is 0 Å². The quantitative estimate of drug-likeness (QED) is 0.656. The molecule has 0 nitrogen and oxygen atoms in total. The highest BCUT2D eigenvalue weighted by Crippen LogP contribution is 2.19. The zero-order chi connectivity index (χ0) is 10.5. The smallest absolute Gasteiger partial charge is 0 e. The number of allylic oxidation sites excluding steroid dienone is 1. The largest absolute Gasteiger partial charge is 0.0871 e. The van der Waals surface area contributed by atoms with Gasteiger partial charge >= 0.3 is 0 Å². The molecule has 0 heteroatoms. The lowest BCUT2D eigenvalue weighted by atomic mass is 10.0. The molecule has 0 spiro atoms. The second kappa shape index (κ2) is 4.61. The van der Waals surface area contributed by atoms with Crippen LogP contribution >= 0.6 is 0 Å². The van der Waals surface area contributed by atoms with Gasteiger partial charge in [-0.3, -0.25) is 0 Å². The van der Waals surface area contributed by atoms with Crippen molar-refractivity contribution in [3.63, 3.8) is 0 Å². The van der Waals surface area contributed by atoms with Crippen molar-refractivity contribution in [3.8, 4) is 11.1 Å². The molecule has 0 saturated heterocycles. The van der Waals surface area contributed by atoms with E-state index in [4.69, 9.17) is 0 Å². The Morgan fingerprint density at radius 2 is 1.40 bits per heavy atom. The van der Waals surface area contributed by atoms with E-state index in [0.29, 0.717) is 0 Å². The van der Waals surface area contributed by atoms with Crippen molar-refractivity contribution in [2.24, 2.45) is 0 Å². The molecule has 0 aliphatic rings. The van der Waals surface area contributed by atoms with Gasteiger partial charge in [-0.15, -0.1) is 0 Å². The van der Waals surface area contributed by atoms with Crippen LogP contribution in [0.1, 0.15) is 13.9 Å². The summed E-state index contributed by atoms with van der Waals surface area (Å²) in [6.07, 6.45) is 4.16. The Bertz CT molecular complexity index is 441. The van der Waals surface area contributed by atoms with Gasteiger partial charge in [0, 0.05) is 1.43 Å². The fourth-order valence-electron chi connectivity index (χ4n) is 1.61. The number of hydrogen-bond acceptors (Lipinski definition) is 0. The van der Waals surface area contributed by atoms with E-state index in [1.165, 1.54) is 16.7 Å². The van der Waals surface area contributed by atoms with Gasteiger partial charge < -0.3 is 0 Å². The minimum absolute atomic E-state index is 0. The Hall–Kier alpha value is -1.82. The molecular weight excluding hydrogens is 180 g/mol. The van der Waals surface area contributed by atoms with E-state index >= 15 is 0 Å². The molecule has 0 atom stereocenters. The second-order valence-electron chi connectivity index (χ2n) is 3.49. The molecule has 0 bridgehead atoms. The average molecular weight is 196 g/mol. The first-order valence-corrected chi connectivity index (χ1v) is 5.18. The van der Waals surface area contributed by atoms with Crippen molar-refractivity contribution >= 4 is 6.08 Å². The highest BCUT2D eigenvalue weighted by Gasteiger charge is 1.94. The number of hydrogen-bond donors (Lipinski definition) is 0. The zero-order valence-electron chi connectivity index (χ0n) is 8.85. The highest BCUT2D eigenvalue weighted by molar-refractivity contribution is 5.65. The fraction of sp³-hybridized carbons (Fsp3) is 0.0667. The third-order valence-electron chi connectivity index (χ3n) is 2.38. The molecule has 15 heavy (non-hydrogen) atoms. The van der Waals surface area contributed by atoms with Gasteiger partial charge in [-0.25, -0.2) is 0 Å². The van der Waals surface area contributed by atoms with E-state index in [2.05, 4.69) is 60.7 Å². The van der Waals surface area contributed by atoms with Crippen molar-refractivity contribution in [1.82, 2.24) is 0 Å². The average Bonchev–Trinajstić information content (AvgIpc) is 2.32. The van der Waals surface area contributed by atoms with E-state index in [9.17, 15) is 0 Å². The van der Waals surface area contributed by atoms with E-state index < -0.39 is 0 Å². The predicted octanol–water partition coefficient (Wildman–Crippen LogP) is 4.63. The summed E-state index contributed by atoms with van der Waals surface area (Å²) in [6.45, 7) is 2.03. The van der Waals surface area contributed by atoms with Gasteiger partial charge in [0.05, 0.1) is 0 Å².